The highest BCUT2D eigenvalue weighted by Gasteiger charge is 2.31. The summed E-state index contributed by atoms with van der Waals surface area (Å²) in [7, 11) is 0.305. The van der Waals surface area contributed by atoms with Crippen molar-refractivity contribution in [3.05, 3.63) is 41.9 Å². The number of aryl methyl sites for hydroxylation is 1. The van der Waals surface area contributed by atoms with E-state index in [-0.39, 0.29) is 23.2 Å². The van der Waals surface area contributed by atoms with Crippen LogP contribution in [0.25, 0.3) is 0 Å². The molecule has 1 atom stereocenters. The Morgan fingerprint density at radius 1 is 1.30 bits per heavy atom. The smallest absolute Gasteiger partial charge is 0.274 e. The highest BCUT2D eigenvalue weighted by atomic mass is 32.2. The molecule has 3 rings (SSSR count). The van der Waals surface area contributed by atoms with Crippen LogP contribution in [0.15, 0.2) is 30.3 Å². The quantitative estimate of drug-likeness (QED) is 0.828. The SMILES string of the molecule is COc1ccccc1NC(=O)c1cc(N(C)C2CCS(=O)(=O)C2)nc(C)n1. The summed E-state index contributed by atoms with van der Waals surface area (Å²) in [6, 6.07) is 8.51. The lowest BCUT2D eigenvalue weighted by Gasteiger charge is -2.25. The van der Waals surface area contributed by atoms with E-state index in [4.69, 9.17) is 4.74 Å². The molecule has 2 aromatic rings. The number of sulfone groups is 1. The van der Waals surface area contributed by atoms with Crippen LogP contribution >= 0.6 is 0 Å². The van der Waals surface area contributed by atoms with Crippen LogP contribution in [-0.2, 0) is 9.84 Å². The van der Waals surface area contributed by atoms with Crippen LogP contribution in [0, 0.1) is 6.92 Å². The van der Waals surface area contributed by atoms with Crippen LogP contribution in [0.5, 0.6) is 5.75 Å². The van der Waals surface area contributed by atoms with Crippen molar-refractivity contribution in [3.63, 3.8) is 0 Å². The molecule has 1 amide bonds. The summed E-state index contributed by atoms with van der Waals surface area (Å²) in [5.74, 6) is 1.38. The number of nitrogens with zero attached hydrogens (tertiary/aromatic N) is 3. The number of benzene rings is 1. The molecule has 1 aromatic carbocycles. The number of aromatic nitrogens is 2. The van der Waals surface area contributed by atoms with Crippen molar-refractivity contribution in [3.8, 4) is 5.75 Å². The molecule has 8 nitrogen and oxygen atoms in total. The molecule has 0 bridgehead atoms. The molecule has 27 heavy (non-hydrogen) atoms. The van der Waals surface area contributed by atoms with Crippen molar-refractivity contribution in [2.45, 2.75) is 19.4 Å². The predicted molar refractivity (Wildman–Crippen MR) is 103 cm³/mol. The molecular weight excluding hydrogens is 368 g/mol. The van der Waals surface area contributed by atoms with Gasteiger partial charge in [0.2, 0.25) is 0 Å². The molecule has 1 aliphatic rings. The van der Waals surface area contributed by atoms with E-state index in [9.17, 15) is 13.2 Å². The summed E-state index contributed by atoms with van der Waals surface area (Å²) in [4.78, 5) is 23.0. The van der Waals surface area contributed by atoms with E-state index in [0.717, 1.165) is 0 Å². The molecule has 1 unspecified atom stereocenters. The Bertz CT molecular complexity index is 962. The Balaban J connectivity index is 1.83. The summed E-state index contributed by atoms with van der Waals surface area (Å²) in [5.41, 5.74) is 0.745. The minimum Gasteiger partial charge on any atom is -0.495 e. The zero-order valence-corrected chi connectivity index (χ0v) is 16.3. The molecule has 1 aromatic heterocycles. The van der Waals surface area contributed by atoms with Crippen molar-refractivity contribution < 1.29 is 17.9 Å². The van der Waals surface area contributed by atoms with Crippen molar-refractivity contribution >= 4 is 27.2 Å². The average molecular weight is 390 g/mol. The van der Waals surface area contributed by atoms with E-state index in [1.54, 1.807) is 43.1 Å². The van der Waals surface area contributed by atoms with Gasteiger partial charge in [-0.1, -0.05) is 12.1 Å². The molecule has 0 aliphatic carbocycles. The maximum Gasteiger partial charge on any atom is 0.274 e. The molecule has 0 radical (unpaired) electrons. The first-order valence-corrected chi connectivity index (χ1v) is 10.3. The number of hydrogen-bond acceptors (Lipinski definition) is 7. The Hall–Kier alpha value is -2.68. The normalized spacial score (nSPS) is 18.1. The number of carbonyl (C=O) groups is 1. The van der Waals surface area contributed by atoms with Gasteiger partial charge in [-0.25, -0.2) is 18.4 Å². The molecule has 144 valence electrons. The Morgan fingerprint density at radius 3 is 2.70 bits per heavy atom. The summed E-state index contributed by atoms with van der Waals surface area (Å²) < 4.78 is 28.7. The van der Waals surface area contributed by atoms with E-state index < -0.39 is 15.7 Å². The highest BCUT2D eigenvalue weighted by molar-refractivity contribution is 7.91. The van der Waals surface area contributed by atoms with Gasteiger partial charge in [-0.3, -0.25) is 4.79 Å². The van der Waals surface area contributed by atoms with Gasteiger partial charge in [-0.05, 0) is 25.5 Å². The van der Waals surface area contributed by atoms with Gasteiger partial charge in [-0.2, -0.15) is 0 Å². The zero-order valence-electron chi connectivity index (χ0n) is 15.5. The van der Waals surface area contributed by atoms with Gasteiger partial charge in [0.15, 0.2) is 9.84 Å². The van der Waals surface area contributed by atoms with Gasteiger partial charge in [0, 0.05) is 19.2 Å². The van der Waals surface area contributed by atoms with Gasteiger partial charge in [0.25, 0.3) is 5.91 Å². The zero-order chi connectivity index (χ0) is 19.6. The number of amides is 1. The van der Waals surface area contributed by atoms with Crippen molar-refractivity contribution in [1.82, 2.24) is 9.97 Å². The van der Waals surface area contributed by atoms with Crippen molar-refractivity contribution in [1.29, 1.82) is 0 Å². The number of nitrogens with one attached hydrogen (secondary N) is 1. The third-order valence-electron chi connectivity index (χ3n) is 4.53. The van der Waals surface area contributed by atoms with Crippen LogP contribution in [0.2, 0.25) is 0 Å². The molecule has 1 saturated heterocycles. The Kier molecular flexibility index (Phi) is 5.31. The van der Waals surface area contributed by atoms with Crippen molar-refractivity contribution in [2.75, 3.05) is 35.9 Å². The number of ether oxygens (including phenoxy) is 1. The molecule has 1 N–H and O–H groups in total. The van der Waals surface area contributed by atoms with Crippen molar-refractivity contribution in [2.24, 2.45) is 0 Å². The first-order valence-electron chi connectivity index (χ1n) is 8.52. The number of rotatable bonds is 5. The second-order valence-corrected chi connectivity index (χ2v) is 8.71. The summed E-state index contributed by atoms with van der Waals surface area (Å²) in [6.45, 7) is 1.70. The van der Waals surface area contributed by atoms with E-state index in [2.05, 4.69) is 15.3 Å². The topological polar surface area (TPSA) is 101 Å². The van der Waals surface area contributed by atoms with Gasteiger partial charge < -0.3 is 15.0 Å². The van der Waals surface area contributed by atoms with E-state index >= 15 is 0 Å². The lowest BCUT2D eigenvalue weighted by Crippen LogP contribution is -2.33. The molecule has 0 spiro atoms. The summed E-state index contributed by atoms with van der Waals surface area (Å²) in [6.07, 6.45) is 0.546. The van der Waals surface area contributed by atoms with Crippen LogP contribution < -0.4 is 15.0 Å². The largest absolute Gasteiger partial charge is 0.495 e. The van der Waals surface area contributed by atoms with Crippen LogP contribution in [-0.4, -0.2) is 56.0 Å². The standard InChI is InChI=1S/C18H22N4O4S/c1-12-19-15(18(23)21-14-6-4-5-7-16(14)26-3)10-17(20-12)22(2)13-8-9-27(24,25)11-13/h4-7,10,13H,8-9,11H2,1-3H3,(H,21,23). The van der Waals surface area contributed by atoms with E-state index in [1.807, 2.05) is 6.07 Å². The number of methoxy groups -OCH3 is 1. The van der Waals surface area contributed by atoms with Gasteiger partial charge in [0.05, 0.1) is 24.3 Å². The maximum absolute atomic E-state index is 12.7. The minimum atomic E-state index is -3.01. The first kappa shape index (κ1) is 19.1. The number of carbonyl (C=O) groups excluding carboxylic acids is 1. The number of para-hydroxylation sites is 2. The highest BCUT2D eigenvalue weighted by Crippen LogP contribution is 2.25. The van der Waals surface area contributed by atoms with Gasteiger partial charge >= 0.3 is 0 Å². The van der Waals surface area contributed by atoms with E-state index in [1.165, 1.54) is 7.11 Å². The Labute approximate surface area is 158 Å². The second-order valence-electron chi connectivity index (χ2n) is 6.48. The fraction of sp³-hybridized carbons (Fsp3) is 0.389. The molecule has 1 fully saturated rings. The van der Waals surface area contributed by atoms with Crippen LogP contribution in [0.4, 0.5) is 11.5 Å². The number of hydrogen-bond donors (Lipinski definition) is 1. The predicted octanol–water partition coefficient (Wildman–Crippen LogP) is 1.67. The lowest BCUT2D eigenvalue weighted by atomic mass is 10.2. The lowest BCUT2D eigenvalue weighted by molar-refractivity contribution is 0.102. The monoisotopic (exact) mass is 390 g/mol. The minimum absolute atomic E-state index is 0.0926. The van der Waals surface area contributed by atoms with Crippen LogP contribution in [0.1, 0.15) is 22.7 Å². The van der Waals surface area contributed by atoms with Crippen LogP contribution in [0.3, 0.4) is 0 Å². The molecule has 9 heteroatoms. The number of anilines is 2. The molecular formula is C18H22N4O4S. The molecule has 2 heterocycles. The molecule has 1 aliphatic heterocycles. The maximum atomic E-state index is 12.7. The third kappa shape index (κ3) is 4.36. The fourth-order valence-corrected chi connectivity index (χ4v) is 4.83. The van der Waals surface area contributed by atoms with E-state index in [0.29, 0.717) is 29.5 Å². The summed E-state index contributed by atoms with van der Waals surface area (Å²) in [5, 5.41) is 2.79. The second kappa shape index (κ2) is 7.51. The average Bonchev–Trinajstić information content (AvgIpc) is 3.00. The fourth-order valence-electron chi connectivity index (χ4n) is 3.05. The van der Waals surface area contributed by atoms with Gasteiger partial charge in [-0.15, -0.1) is 0 Å². The third-order valence-corrected chi connectivity index (χ3v) is 6.28. The Morgan fingerprint density at radius 2 is 2.04 bits per heavy atom. The first-order chi connectivity index (χ1) is 12.8. The summed E-state index contributed by atoms with van der Waals surface area (Å²) >= 11 is 0. The van der Waals surface area contributed by atoms with Gasteiger partial charge in [0.1, 0.15) is 23.1 Å². The molecule has 0 saturated carbocycles.